The van der Waals surface area contributed by atoms with Gasteiger partial charge in [-0.2, -0.15) is 0 Å². The minimum atomic E-state index is 0.906. The number of furan rings is 1. The molecule has 0 bridgehead atoms. The molecule has 5 rings (SSSR count). The lowest BCUT2D eigenvalue weighted by Crippen LogP contribution is -1.79. The van der Waals surface area contributed by atoms with Crippen molar-refractivity contribution in [2.24, 2.45) is 0 Å². The Kier molecular flexibility index (Phi) is 3.17. The Bertz CT molecular complexity index is 1130. The Balaban J connectivity index is 1.64. The second kappa shape index (κ2) is 5.64. The van der Waals surface area contributed by atoms with Gasteiger partial charge < -0.3 is 4.42 Å². The van der Waals surface area contributed by atoms with Crippen molar-refractivity contribution in [3.05, 3.63) is 97.1 Å². The van der Waals surface area contributed by atoms with Crippen molar-refractivity contribution < 1.29 is 4.42 Å². The average Bonchev–Trinajstić information content (AvgIpc) is 3.10. The molecule has 1 nitrogen and oxygen atoms in total. The quantitative estimate of drug-likeness (QED) is 0.344. The second-order valence-electron chi connectivity index (χ2n) is 6.29. The third-order valence-corrected chi connectivity index (χ3v) is 4.64. The van der Waals surface area contributed by atoms with Gasteiger partial charge in [-0.05, 0) is 46.2 Å². The molecule has 0 fully saturated rings. The molecule has 0 radical (unpaired) electrons. The Morgan fingerprint density at radius 1 is 0.440 bits per heavy atom. The summed E-state index contributed by atoms with van der Waals surface area (Å²) in [5.41, 5.74) is 4.44. The monoisotopic (exact) mass is 320 g/mol. The van der Waals surface area contributed by atoms with Gasteiger partial charge in [0.05, 0.1) is 0 Å². The number of rotatable bonds is 2. The summed E-state index contributed by atoms with van der Waals surface area (Å²) in [6.45, 7) is 0. The molecular weight excluding hydrogens is 304 g/mol. The molecule has 0 aliphatic rings. The molecule has 1 aromatic heterocycles. The highest BCUT2D eigenvalue weighted by Gasteiger charge is 2.08. The zero-order valence-corrected chi connectivity index (χ0v) is 13.6. The third-order valence-electron chi connectivity index (χ3n) is 4.64. The van der Waals surface area contributed by atoms with Gasteiger partial charge >= 0.3 is 0 Å². The van der Waals surface area contributed by atoms with E-state index in [9.17, 15) is 0 Å². The zero-order valence-electron chi connectivity index (χ0n) is 13.6. The minimum Gasteiger partial charge on any atom is -0.456 e. The highest BCUT2D eigenvalue weighted by molar-refractivity contribution is 5.97. The molecule has 1 heteroatoms. The van der Waals surface area contributed by atoms with E-state index < -0.39 is 0 Å². The van der Waals surface area contributed by atoms with Crippen molar-refractivity contribution in [1.82, 2.24) is 0 Å². The lowest BCUT2D eigenvalue weighted by Gasteiger charge is -2.03. The van der Waals surface area contributed by atoms with E-state index in [0.29, 0.717) is 0 Å². The SMILES string of the molecule is c1ccc(-c2cccc(-c3cc4cc5ccccc5cc4o3)c2)cc1. The predicted molar refractivity (Wildman–Crippen MR) is 105 cm³/mol. The van der Waals surface area contributed by atoms with Gasteiger partial charge in [0.2, 0.25) is 0 Å². The van der Waals surface area contributed by atoms with Crippen LogP contribution in [0.3, 0.4) is 0 Å². The Labute approximate surface area is 146 Å². The molecule has 0 unspecified atom stereocenters. The van der Waals surface area contributed by atoms with Crippen molar-refractivity contribution in [1.29, 1.82) is 0 Å². The maximum absolute atomic E-state index is 6.15. The highest BCUT2D eigenvalue weighted by Crippen LogP contribution is 2.32. The third kappa shape index (κ3) is 2.50. The van der Waals surface area contributed by atoms with E-state index in [1.165, 1.54) is 21.9 Å². The van der Waals surface area contributed by atoms with E-state index in [2.05, 4.69) is 91.0 Å². The summed E-state index contributed by atoms with van der Waals surface area (Å²) in [5.74, 6) is 0.906. The van der Waals surface area contributed by atoms with Gasteiger partial charge in [0.15, 0.2) is 0 Å². The van der Waals surface area contributed by atoms with Gasteiger partial charge in [-0.3, -0.25) is 0 Å². The fraction of sp³-hybridized carbons (Fsp3) is 0. The smallest absolute Gasteiger partial charge is 0.135 e. The summed E-state index contributed by atoms with van der Waals surface area (Å²) in [7, 11) is 0. The van der Waals surface area contributed by atoms with Crippen LogP contribution in [0.1, 0.15) is 0 Å². The van der Waals surface area contributed by atoms with E-state index in [1.54, 1.807) is 0 Å². The zero-order chi connectivity index (χ0) is 16.6. The van der Waals surface area contributed by atoms with Gasteiger partial charge in [-0.15, -0.1) is 0 Å². The fourth-order valence-electron chi connectivity index (χ4n) is 3.35. The molecule has 0 aliphatic heterocycles. The fourth-order valence-corrected chi connectivity index (χ4v) is 3.35. The standard InChI is InChI=1S/C24H16O/c1-2-7-17(8-3-1)18-11-6-12-21(13-18)23-16-22-14-19-9-4-5-10-20(19)15-24(22)25-23/h1-16H. The molecular formula is C24H16O. The predicted octanol–water partition coefficient (Wildman–Crippen LogP) is 6.92. The Hall–Kier alpha value is -3.32. The molecule has 4 aromatic carbocycles. The first kappa shape index (κ1) is 14.1. The van der Waals surface area contributed by atoms with Gasteiger partial charge in [0.1, 0.15) is 11.3 Å². The van der Waals surface area contributed by atoms with Crippen LogP contribution in [0.4, 0.5) is 0 Å². The molecule has 1 heterocycles. The highest BCUT2D eigenvalue weighted by atomic mass is 16.3. The summed E-state index contributed by atoms with van der Waals surface area (Å²) < 4.78 is 6.15. The van der Waals surface area contributed by atoms with Gasteiger partial charge in [-0.1, -0.05) is 72.8 Å². The first-order chi connectivity index (χ1) is 12.4. The van der Waals surface area contributed by atoms with E-state index in [0.717, 1.165) is 22.3 Å². The van der Waals surface area contributed by atoms with Crippen molar-refractivity contribution in [3.8, 4) is 22.5 Å². The Morgan fingerprint density at radius 3 is 1.96 bits per heavy atom. The number of hydrogen-bond acceptors (Lipinski definition) is 1. The van der Waals surface area contributed by atoms with Crippen LogP contribution in [0.15, 0.2) is 101 Å². The number of fused-ring (bicyclic) bond motifs is 2. The van der Waals surface area contributed by atoms with Crippen LogP contribution < -0.4 is 0 Å². The van der Waals surface area contributed by atoms with E-state index in [4.69, 9.17) is 4.42 Å². The van der Waals surface area contributed by atoms with Gasteiger partial charge in [0.25, 0.3) is 0 Å². The molecule has 0 saturated carbocycles. The molecule has 0 atom stereocenters. The largest absolute Gasteiger partial charge is 0.456 e. The van der Waals surface area contributed by atoms with Crippen molar-refractivity contribution in [2.45, 2.75) is 0 Å². The maximum atomic E-state index is 6.15. The molecule has 0 amide bonds. The van der Waals surface area contributed by atoms with Crippen LogP contribution in [-0.4, -0.2) is 0 Å². The molecule has 118 valence electrons. The van der Waals surface area contributed by atoms with E-state index >= 15 is 0 Å². The molecule has 25 heavy (non-hydrogen) atoms. The first-order valence-electron chi connectivity index (χ1n) is 8.45. The van der Waals surface area contributed by atoms with E-state index in [-0.39, 0.29) is 0 Å². The van der Waals surface area contributed by atoms with Gasteiger partial charge in [-0.25, -0.2) is 0 Å². The lowest BCUT2D eigenvalue weighted by molar-refractivity contribution is 0.632. The lowest BCUT2D eigenvalue weighted by atomic mass is 10.0. The molecule has 0 spiro atoms. The van der Waals surface area contributed by atoms with Crippen LogP contribution in [0, 0.1) is 0 Å². The molecule has 0 aliphatic carbocycles. The normalized spacial score (nSPS) is 11.2. The summed E-state index contributed by atoms with van der Waals surface area (Å²) in [5, 5.41) is 3.58. The van der Waals surface area contributed by atoms with Crippen LogP contribution in [0.2, 0.25) is 0 Å². The van der Waals surface area contributed by atoms with Crippen LogP contribution in [-0.2, 0) is 0 Å². The second-order valence-corrected chi connectivity index (χ2v) is 6.29. The summed E-state index contributed by atoms with van der Waals surface area (Å²) in [6, 6.07) is 33.8. The van der Waals surface area contributed by atoms with Crippen LogP contribution >= 0.6 is 0 Å². The Morgan fingerprint density at radius 2 is 1.12 bits per heavy atom. The minimum absolute atomic E-state index is 0.906. The number of benzene rings is 4. The first-order valence-corrected chi connectivity index (χ1v) is 8.45. The van der Waals surface area contributed by atoms with Crippen molar-refractivity contribution in [3.63, 3.8) is 0 Å². The molecule has 0 N–H and O–H groups in total. The summed E-state index contributed by atoms with van der Waals surface area (Å²) in [4.78, 5) is 0. The molecule has 0 saturated heterocycles. The summed E-state index contributed by atoms with van der Waals surface area (Å²) in [6.07, 6.45) is 0. The molecule has 5 aromatic rings. The van der Waals surface area contributed by atoms with Crippen LogP contribution in [0.25, 0.3) is 44.2 Å². The van der Waals surface area contributed by atoms with E-state index in [1.807, 2.05) is 6.07 Å². The summed E-state index contributed by atoms with van der Waals surface area (Å²) >= 11 is 0. The number of hydrogen-bond donors (Lipinski definition) is 0. The van der Waals surface area contributed by atoms with Crippen LogP contribution in [0.5, 0.6) is 0 Å². The maximum Gasteiger partial charge on any atom is 0.135 e. The van der Waals surface area contributed by atoms with Crippen molar-refractivity contribution in [2.75, 3.05) is 0 Å². The van der Waals surface area contributed by atoms with Gasteiger partial charge in [0, 0.05) is 10.9 Å². The topological polar surface area (TPSA) is 13.1 Å². The average molecular weight is 320 g/mol. The van der Waals surface area contributed by atoms with Crippen molar-refractivity contribution >= 4 is 21.7 Å².